The number of hydrogen-bond acceptors (Lipinski definition) is 4. The molecule has 0 saturated carbocycles. The SMILES string of the molecule is CC(Oc1c(-c2ccccc2)oc2c(Cl)cc(Cl)cc2c1=O)C(=O)O. The van der Waals surface area contributed by atoms with E-state index in [1.54, 1.807) is 30.3 Å². The Bertz CT molecular complexity index is 1010. The number of hydrogen-bond donors (Lipinski definition) is 1. The average Bonchev–Trinajstić information content (AvgIpc) is 2.58. The van der Waals surface area contributed by atoms with Crippen molar-refractivity contribution in [3.8, 4) is 17.1 Å². The molecule has 0 bridgehead atoms. The molecule has 1 N–H and O–H groups in total. The highest BCUT2D eigenvalue weighted by Crippen LogP contribution is 2.35. The van der Waals surface area contributed by atoms with Gasteiger partial charge >= 0.3 is 5.97 Å². The quantitative estimate of drug-likeness (QED) is 0.716. The van der Waals surface area contributed by atoms with Gasteiger partial charge in [-0.3, -0.25) is 4.79 Å². The zero-order valence-corrected chi connectivity index (χ0v) is 14.5. The molecule has 1 aromatic heterocycles. The summed E-state index contributed by atoms with van der Waals surface area (Å²) in [5, 5.41) is 9.65. The standard InChI is InChI=1S/C18H12Cl2O5/c1-9(18(22)23)24-17-14(21)12-7-11(19)8-13(20)16(12)25-15(17)10-5-3-2-4-6-10/h2-9H,1H3,(H,22,23). The number of ether oxygens (including phenoxy) is 1. The van der Waals surface area contributed by atoms with Crippen molar-refractivity contribution in [2.24, 2.45) is 0 Å². The van der Waals surface area contributed by atoms with Gasteiger partial charge < -0.3 is 14.3 Å². The van der Waals surface area contributed by atoms with Gasteiger partial charge in [0.2, 0.25) is 11.2 Å². The van der Waals surface area contributed by atoms with Gasteiger partial charge in [-0.15, -0.1) is 0 Å². The summed E-state index contributed by atoms with van der Waals surface area (Å²) in [5.74, 6) is -1.30. The van der Waals surface area contributed by atoms with Gasteiger partial charge in [0.25, 0.3) is 0 Å². The summed E-state index contributed by atoms with van der Waals surface area (Å²) in [6, 6.07) is 11.6. The third-order valence-electron chi connectivity index (χ3n) is 3.55. The molecule has 1 atom stereocenters. The van der Waals surface area contributed by atoms with Crippen molar-refractivity contribution in [2.45, 2.75) is 13.0 Å². The predicted octanol–water partition coefficient (Wildman–Crippen LogP) is 4.62. The number of rotatable bonds is 4. The van der Waals surface area contributed by atoms with Gasteiger partial charge in [-0.05, 0) is 19.1 Å². The van der Waals surface area contributed by atoms with Gasteiger partial charge in [-0.1, -0.05) is 53.5 Å². The van der Waals surface area contributed by atoms with E-state index >= 15 is 0 Å². The third-order valence-corrected chi connectivity index (χ3v) is 4.05. The molecule has 7 heteroatoms. The van der Waals surface area contributed by atoms with E-state index in [1.165, 1.54) is 19.1 Å². The number of benzene rings is 2. The lowest BCUT2D eigenvalue weighted by atomic mass is 10.1. The molecule has 25 heavy (non-hydrogen) atoms. The molecule has 1 heterocycles. The zero-order chi connectivity index (χ0) is 18.1. The van der Waals surface area contributed by atoms with Crippen LogP contribution in [0.15, 0.2) is 51.7 Å². The Kier molecular flexibility index (Phi) is 4.70. The molecule has 0 spiro atoms. The van der Waals surface area contributed by atoms with E-state index in [4.69, 9.17) is 37.5 Å². The summed E-state index contributed by atoms with van der Waals surface area (Å²) >= 11 is 12.1. The maximum absolute atomic E-state index is 12.9. The summed E-state index contributed by atoms with van der Waals surface area (Å²) in [5.41, 5.74) is 0.169. The van der Waals surface area contributed by atoms with Gasteiger partial charge in [-0.2, -0.15) is 0 Å². The molecule has 0 amide bonds. The van der Waals surface area contributed by atoms with Crippen LogP contribution in [0.25, 0.3) is 22.3 Å². The Morgan fingerprint density at radius 1 is 1.20 bits per heavy atom. The lowest BCUT2D eigenvalue weighted by Gasteiger charge is -2.14. The first kappa shape index (κ1) is 17.3. The van der Waals surface area contributed by atoms with E-state index in [2.05, 4.69) is 0 Å². The molecule has 0 saturated heterocycles. The normalized spacial score (nSPS) is 12.1. The first-order valence-electron chi connectivity index (χ1n) is 7.29. The van der Waals surface area contributed by atoms with Crippen LogP contribution in [0.2, 0.25) is 10.0 Å². The molecule has 0 radical (unpaired) electrons. The topological polar surface area (TPSA) is 76.7 Å². The number of fused-ring (bicyclic) bond motifs is 1. The van der Waals surface area contributed by atoms with Crippen LogP contribution in [0.4, 0.5) is 0 Å². The van der Waals surface area contributed by atoms with Crippen LogP contribution in [0.1, 0.15) is 6.92 Å². The molecule has 3 aromatic rings. The molecule has 128 valence electrons. The second-order valence-corrected chi connectivity index (χ2v) is 6.16. The fraction of sp³-hybridized carbons (Fsp3) is 0.111. The Morgan fingerprint density at radius 2 is 1.88 bits per heavy atom. The fourth-order valence-corrected chi connectivity index (χ4v) is 2.85. The van der Waals surface area contributed by atoms with E-state index in [0.717, 1.165) is 0 Å². The van der Waals surface area contributed by atoms with Gasteiger partial charge in [-0.25, -0.2) is 4.79 Å². The smallest absolute Gasteiger partial charge is 0.344 e. The van der Waals surface area contributed by atoms with Crippen LogP contribution in [-0.2, 0) is 4.79 Å². The molecular weight excluding hydrogens is 367 g/mol. The highest BCUT2D eigenvalue weighted by atomic mass is 35.5. The largest absolute Gasteiger partial charge is 0.479 e. The molecule has 5 nitrogen and oxygen atoms in total. The first-order valence-corrected chi connectivity index (χ1v) is 8.05. The van der Waals surface area contributed by atoms with Gasteiger partial charge in [0.05, 0.1) is 10.4 Å². The van der Waals surface area contributed by atoms with E-state index in [1.807, 2.05) is 0 Å². The summed E-state index contributed by atoms with van der Waals surface area (Å²) < 4.78 is 11.2. The van der Waals surface area contributed by atoms with Crippen molar-refractivity contribution in [2.75, 3.05) is 0 Å². The van der Waals surface area contributed by atoms with Crippen molar-refractivity contribution in [1.29, 1.82) is 0 Å². The van der Waals surface area contributed by atoms with Crippen LogP contribution < -0.4 is 10.2 Å². The van der Waals surface area contributed by atoms with Crippen molar-refractivity contribution < 1.29 is 19.1 Å². The Morgan fingerprint density at radius 3 is 2.52 bits per heavy atom. The number of carbonyl (C=O) groups is 1. The third kappa shape index (κ3) is 3.34. The second kappa shape index (κ2) is 6.78. The van der Waals surface area contributed by atoms with Crippen LogP contribution in [0, 0.1) is 0 Å². The van der Waals surface area contributed by atoms with Crippen LogP contribution in [0.3, 0.4) is 0 Å². The second-order valence-electron chi connectivity index (χ2n) is 5.32. The molecule has 0 aliphatic carbocycles. The van der Waals surface area contributed by atoms with Crippen LogP contribution >= 0.6 is 23.2 Å². The van der Waals surface area contributed by atoms with Crippen molar-refractivity contribution in [3.63, 3.8) is 0 Å². The molecule has 0 aliphatic heterocycles. The molecule has 3 rings (SSSR count). The van der Waals surface area contributed by atoms with Crippen molar-refractivity contribution in [1.82, 2.24) is 0 Å². The lowest BCUT2D eigenvalue weighted by molar-refractivity contribution is -0.144. The van der Waals surface area contributed by atoms with E-state index in [-0.39, 0.29) is 32.5 Å². The Labute approximate surface area is 152 Å². The summed E-state index contributed by atoms with van der Waals surface area (Å²) in [7, 11) is 0. The number of halogens is 2. The van der Waals surface area contributed by atoms with Gasteiger partial charge in [0.1, 0.15) is 0 Å². The summed E-state index contributed by atoms with van der Waals surface area (Å²) in [4.78, 5) is 24.0. The molecule has 2 aromatic carbocycles. The summed E-state index contributed by atoms with van der Waals surface area (Å²) in [6.45, 7) is 1.33. The monoisotopic (exact) mass is 378 g/mol. The number of carboxylic acids is 1. The maximum Gasteiger partial charge on any atom is 0.344 e. The Hall–Kier alpha value is -2.50. The van der Waals surface area contributed by atoms with Crippen LogP contribution in [0.5, 0.6) is 5.75 Å². The molecular formula is C18H12Cl2O5. The Balaban J connectivity index is 2.35. The van der Waals surface area contributed by atoms with E-state index in [0.29, 0.717) is 5.56 Å². The predicted molar refractivity (Wildman–Crippen MR) is 95.7 cm³/mol. The highest BCUT2D eigenvalue weighted by Gasteiger charge is 2.23. The minimum absolute atomic E-state index is 0.107. The van der Waals surface area contributed by atoms with Gasteiger partial charge in [0, 0.05) is 10.6 Å². The minimum atomic E-state index is -1.24. The average molecular weight is 379 g/mol. The van der Waals surface area contributed by atoms with Crippen molar-refractivity contribution >= 4 is 40.1 Å². The first-order chi connectivity index (χ1) is 11.9. The minimum Gasteiger partial charge on any atom is -0.479 e. The summed E-state index contributed by atoms with van der Waals surface area (Å²) in [6.07, 6.45) is -1.24. The molecule has 0 fully saturated rings. The highest BCUT2D eigenvalue weighted by molar-refractivity contribution is 6.38. The lowest BCUT2D eigenvalue weighted by Crippen LogP contribution is -2.26. The molecule has 0 aliphatic rings. The van der Waals surface area contributed by atoms with E-state index in [9.17, 15) is 9.59 Å². The number of carboxylic acid groups (broad SMARTS) is 1. The zero-order valence-electron chi connectivity index (χ0n) is 13.0. The van der Waals surface area contributed by atoms with Gasteiger partial charge in [0.15, 0.2) is 17.4 Å². The van der Waals surface area contributed by atoms with Crippen molar-refractivity contribution in [3.05, 3.63) is 62.7 Å². The molecule has 1 unspecified atom stereocenters. The van der Waals surface area contributed by atoms with E-state index < -0.39 is 17.5 Å². The maximum atomic E-state index is 12.9. The van der Waals surface area contributed by atoms with Crippen LogP contribution in [-0.4, -0.2) is 17.2 Å². The fourth-order valence-electron chi connectivity index (χ4n) is 2.32. The number of aliphatic carboxylic acids is 1.